The van der Waals surface area contributed by atoms with Crippen molar-refractivity contribution >= 4 is 51.1 Å². The molecule has 72 valence electrons. The van der Waals surface area contributed by atoms with Gasteiger partial charge in [0.25, 0.3) is 5.91 Å². The zero-order valence-corrected chi connectivity index (χ0v) is 9.76. The Hall–Kier alpha value is -0.820. The van der Waals surface area contributed by atoms with Crippen LogP contribution in [-0.2, 0) is 0 Å². The van der Waals surface area contributed by atoms with Gasteiger partial charge in [-0.25, -0.2) is 4.98 Å². The lowest BCUT2D eigenvalue weighted by atomic mass is 10.2. The summed E-state index contributed by atoms with van der Waals surface area (Å²) >= 11 is 7.85. The van der Waals surface area contributed by atoms with Crippen LogP contribution in [0.3, 0.4) is 0 Å². The number of pyridine rings is 1. The molecule has 2 aromatic heterocycles. The van der Waals surface area contributed by atoms with Gasteiger partial charge in [-0.15, -0.1) is 0 Å². The number of hydrogen-bond acceptors (Lipinski definition) is 2. The van der Waals surface area contributed by atoms with Gasteiger partial charge in [0.05, 0.1) is 5.56 Å². The second kappa shape index (κ2) is 3.39. The molecule has 0 saturated heterocycles. The Labute approximate surface area is 98.0 Å². The lowest BCUT2D eigenvalue weighted by Gasteiger charge is -2.03. The lowest BCUT2D eigenvalue weighted by Crippen LogP contribution is -2.14. The van der Waals surface area contributed by atoms with Gasteiger partial charge >= 0.3 is 0 Å². The molecule has 0 fully saturated rings. The Kier molecular flexibility index (Phi) is 2.36. The molecule has 3 N–H and O–H groups in total. The number of nitrogens with zero attached hydrogens (tertiary/aromatic N) is 1. The fraction of sp³-hybridized carbons (Fsp3) is 0. The molecule has 0 unspecified atom stereocenters. The first-order chi connectivity index (χ1) is 6.61. The molecule has 0 aromatic carbocycles. The Balaban J connectivity index is 2.89. The molecule has 0 aliphatic rings. The van der Waals surface area contributed by atoms with Crippen LogP contribution in [0.4, 0.5) is 0 Å². The SMILES string of the molecule is NC(=O)c1c(Cl)nc2[nH]ccc2c1I. The van der Waals surface area contributed by atoms with E-state index in [0.717, 1.165) is 8.96 Å². The van der Waals surface area contributed by atoms with Crippen LogP contribution in [0.1, 0.15) is 10.4 Å². The van der Waals surface area contributed by atoms with E-state index in [4.69, 9.17) is 17.3 Å². The zero-order valence-electron chi connectivity index (χ0n) is 6.84. The van der Waals surface area contributed by atoms with E-state index in [1.807, 2.05) is 28.7 Å². The maximum absolute atomic E-state index is 11.1. The topological polar surface area (TPSA) is 71.8 Å². The van der Waals surface area contributed by atoms with Gasteiger partial charge in [0.2, 0.25) is 0 Å². The van der Waals surface area contributed by atoms with E-state index in [9.17, 15) is 4.79 Å². The second-order valence-electron chi connectivity index (χ2n) is 2.70. The number of nitrogens with one attached hydrogen (secondary N) is 1. The fourth-order valence-electron chi connectivity index (χ4n) is 1.22. The van der Waals surface area contributed by atoms with Crippen molar-refractivity contribution in [2.75, 3.05) is 0 Å². The average Bonchev–Trinajstić information content (AvgIpc) is 2.50. The summed E-state index contributed by atoms with van der Waals surface area (Å²) in [7, 11) is 0. The summed E-state index contributed by atoms with van der Waals surface area (Å²) in [6.45, 7) is 0. The van der Waals surface area contributed by atoms with E-state index in [1.54, 1.807) is 6.20 Å². The number of rotatable bonds is 1. The summed E-state index contributed by atoms with van der Waals surface area (Å²) in [5.41, 5.74) is 6.13. The summed E-state index contributed by atoms with van der Waals surface area (Å²) in [6.07, 6.45) is 1.74. The minimum Gasteiger partial charge on any atom is -0.365 e. The van der Waals surface area contributed by atoms with Crippen molar-refractivity contribution in [1.29, 1.82) is 0 Å². The summed E-state index contributed by atoms with van der Waals surface area (Å²) in [5.74, 6) is -0.560. The summed E-state index contributed by atoms with van der Waals surface area (Å²) in [5, 5.41) is 0.987. The van der Waals surface area contributed by atoms with Gasteiger partial charge in [-0.2, -0.15) is 0 Å². The molecule has 0 atom stereocenters. The molecule has 6 heteroatoms. The predicted molar refractivity (Wildman–Crippen MR) is 62.3 cm³/mol. The van der Waals surface area contributed by atoms with Crippen molar-refractivity contribution in [1.82, 2.24) is 9.97 Å². The summed E-state index contributed by atoms with van der Waals surface area (Å²) in [4.78, 5) is 18.0. The van der Waals surface area contributed by atoms with Gasteiger partial charge in [0.1, 0.15) is 10.8 Å². The number of amides is 1. The van der Waals surface area contributed by atoms with Gasteiger partial charge < -0.3 is 10.7 Å². The molecule has 0 spiro atoms. The quantitative estimate of drug-likeness (QED) is 0.622. The number of nitrogens with two attached hydrogens (primary N) is 1. The van der Waals surface area contributed by atoms with Crippen molar-refractivity contribution < 1.29 is 4.79 Å². The van der Waals surface area contributed by atoms with Crippen LogP contribution in [0.25, 0.3) is 11.0 Å². The molecule has 4 nitrogen and oxygen atoms in total. The largest absolute Gasteiger partial charge is 0.365 e. The Morgan fingerprint density at radius 2 is 2.36 bits per heavy atom. The highest BCUT2D eigenvalue weighted by atomic mass is 127. The van der Waals surface area contributed by atoms with Crippen molar-refractivity contribution in [3.8, 4) is 0 Å². The number of aromatic amines is 1. The first kappa shape index (κ1) is 9.72. The van der Waals surface area contributed by atoms with Crippen molar-refractivity contribution in [2.45, 2.75) is 0 Å². The average molecular weight is 322 g/mol. The molecule has 0 saturated carbocycles. The highest BCUT2D eigenvalue weighted by Gasteiger charge is 2.16. The Morgan fingerprint density at radius 1 is 1.64 bits per heavy atom. The van der Waals surface area contributed by atoms with Crippen molar-refractivity contribution in [2.24, 2.45) is 5.73 Å². The predicted octanol–water partition coefficient (Wildman–Crippen LogP) is 1.92. The number of carbonyl (C=O) groups excluding carboxylic acids is 1. The molecule has 0 bridgehead atoms. The highest BCUT2D eigenvalue weighted by molar-refractivity contribution is 14.1. The van der Waals surface area contributed by atoms with E-state index in [1.165, 1.54) is 0 Å². The van der Waals surface area contributed by atoms with E-state index >= 15 is 0 Å². The zero-order chi connectivity index (χ0) is 10.3. The van der Waals surface area contributed by atoms with Gasteiger partial charge in [-0.05, 0) is 28.7 Å². The van der Waals surface area contributed by atoms with Gasteiger partial charge in [-0.1, -0.05) is 11.6 Å². The maximum atomic E-state index is 11.1. The van der Waals surface area contributed by atoms with E-state index in [0.29, 0.717) is 5.65 Å². The smallest absolute Gasteiger partial charge is 0.252 e. The normalized spacial score (nSPS) is 10.7. The lowest BCUT2D eigenvalue weighted by molar-refractivity contribution is 0.0999. The molecule has 2 rings (SSSR count). The van der Waals surface area contributed by atoms with Crippen molar-refractivity contribution in [3.63, 3.8) is 0 Å². The summed E-state index contributed by atoms with van der Waals surface area (Å²) < 4.78 is 0.728. The van der Waals surface area contributed by atoms with Crippen LogP contribution < -0.4 is 5.73 Å². The van der Waals surface area contributed by atoms with Gasteiger partial charge in [0.15, 0.2) is 0 Å². The van der Waals surface area contributed by atoms with Crippen LogP contribution in [0.5, 0.6) is 0 Å². The number of H-pyrrole nitrogens is 1. The summed E-state index contributed by atoms with van der Waals surface area (Å²) in [6, 6.07) is 1.83. The van der Waals surface area contributed by atoms with Crippen LogP contribution in [0, 0.1) is 3.57 Å². The Bertz CT molecular complexity index is 523. The minimum atomic E-state index is -0.560. The number of halogens is 2. The highest BCUT2D eigenvalue weighted by Crippen LogP contribution is 2.26. The number of carbonyl (C=O) groups is 1. The first-order valence-electron chi connectivity index (χ1n) is 3.73. The molecule has 2 heterocycles. The van der Waals surface area contributed by atoms with E-state index < -0.39 is 5.91 Å². The standard InChI is InChI=1S/C8H5ClIN3O/c9-6-4(7(11)14)5(10)3-1-2-12-8(3)13-6/h1-2H,(H2,11,14)(H,12,13). The fourth-order valence-corrected chi connectivity index (χ4v) is 2.61. The van der Waals surface area contributed by atoms with E-state index in [2.05, 4.69) is 9.97 Å². The maximum Gasteiger partial charge on any atom is 0.252 e. The molecular weight excluding hydrogens is 316 g/mol. The van der Waals surface area contributed by atoms with Crippen molar-refractivity contribution in [3.05, 3.63) is 26.5 Å². The van der Waals surface area contributed by atoms with Crippen LogP contribution in [0.2, 0.25) is 5.15 Å². The van der Waals surface area contributed by atoms with Gasteiger partial charge in [0, 0.05) is 15.2 Å². The second-order valence-corrected chi connectivity index (χ2v) is 4.13. The first-order valence-corrected chi connectivity index (χ1v) is 5.19. The Morgan fingerprint density at radius 3 is 3.00 bits per heavy atom. The minimum absolute atomic E-state index is 0.136. The van der Waals surface area contributed by atoms with Crippen LogP contribution in [-0.4, -0.2) is 15.9 Å². The van der Waals surface area contributed by atoms with E-state index in [-0.39, 0.29) is 10.7 Å². The van der Waals surface area contributed by atoms with Crippen LogP contribution >= 0.6 is 34.2 Å². The molecule has 14 heavy (non-hydrogen) atoms. The third-order valence-corrected chi connectivity index (χ3v) is 3.24. The number of primary amides is 1. The molecule has 0 aliphatic carbocycles. The third kappa shape index (κ3) is 1.36. The molecular formula is C8H5ClIN3O. The number of aromatic nitrogens is 2. The third-order valence-electron chi connectivity index (χ3n) is 1.84. The molecule has 0 radical (unpaired) electrons. The molecule has 2 aromatic rings. The number of fused-ring (bicyclic) bond motifs is 1. The monoisotopic (exact) mass is 321 g/mol. The van der Waals surface area contributed by atoms with Gasteiger partial charge in [-0.3, -0.25) is 4.79 Å². The van der Waals surface area contributed by atoms with Crippen LogP contribution in [0.15, 0.2) is 12.3 Å². The number of hydrogen-bond donors (Lipinski definition) is 2. The molecule has 0 aliphatic heterocycles. The molecule has 1 amide bonds.